The van der Waals surface area contributed by atoms with Crippen LogP contribution in [0, 0.1) is 0 Å². The number of carbonyl (C=O) groups is 1. The highest BCUT2D eigenvalue weighted by molar-refractivity contribution is 14.0. The first-order valence-corrected chi connectivity index (χ1v) is 10.2. The molecule has 2 aromatic rings. The fourth-order valence-corrected chi connectivity index (χ4v) is 2.90. The molecule has 0 atom stereocenters. The fraction of sp³-hybridized carbons (Fsp3) is 0.391. The monoisotopic (exact) mass is 524 g/mol. The average Bonchev–Trinajstić information content (AvgIpc) is 2.75. The maximum Gasteiger partial charge on any atom is 0.257 e. The maximum atomic E-state index is 11.5. The normalized spacial score (nSPS) is 10.7. The van der Waals surface area contributed by atoms with Gasteiger partial charge in [-0.3, -0.25) is 4.79 Å². The topological polar surface area (TPSA) is 74.8 Å². The van der Waals surface area contributed by atoms with Crippen molar-refractivity contribution >= 4 is 35.8 Å². The van der Waals surface area contributed by atoms with Crippen LogP contribution in [0.25, 0.3) is 0 Å². The Balaban J connectivity index is 0.00000450. The van der Waals surface area contributed by atoms with E-state index in [1.165, 1.54) is 11.1 Å². The molecule has 0 aliphatic rings. The number of rotatable bonds is 10. The molecule has 7 heteroatoms. The van der Waals surface area contributed by atoms with Gasteiger partial charge in [-0.2, -0.15) is 0 Å². The maximum absolute atomic E-state index is 11.5. The molecule has 164 valence electrons. The quantitative estimate of drug-likeness (QED) is 0.252. The van der Waals surface area contributed by atoms with Crippen LogP contribution in [0.4, 0.5) is 0 Å². The van der Waals surface area contributed by atoms with Crippen molar-refractivity contribution in [2.45, 2.75) is 40.3 Å². The summed E-state index contributed by atoms with van der Waals surface area (Å²) >= 11 is 0. The molecule has 0 unspecified atom stereocenters. The van der Waals surface area contributed by atoms with Crippen molar-refractivity contribution < 1.29 is 9.53 Å². The van der Waals surface area contributed by atoms with Crippen molar-refractivity contribution in [1.29, 1.82) is 0 Å². The van der Waals surface area contributed by atoms with Crippen molar-refractivity contribution in [3.63, 3.8) is 0 Å². The first kappa shape index (κ1) is 25.7. The van der Waals surface area contributed by atoms with Crippen LogP contribution in [0.5, 0.6) is 5.75 Å². The van der Waals surface area contributed by atoms with Crippen molar-refractivity contribution in [3.8, 4) is 5.75 Å². The van der Waals surface area contributed by atoms with Gasteiger partial charge in [0.05, 0.1) is 6.54 Å². The summed E-state index contributed by atoms with van der Waals surface area (Å²) in [6.07, 6.45) is 1.01. The summed E-state index contributed by atoms with van der Waals surface area (Å²) in [4.78, 5) is 16.2. The molecule has 0 aromatic heterocycles. The largest absolute Gasteiger partial charge is 0.484 e. The zero-order valence-corrected chi connectivity index (χ0v) is 20.4. The minimum Gasteiger partial charge on any atom is -0.484 e. The second-order valence-corrected chi connectivity index (χ2v) is 6.56. The Labute approximate surface area is 196 Å². The molecule has 0 heterocycles. The number of hydrogen-bond donors (Lipinski definition) is 3. The van der Waals surface area contributed by atoms with Crippen LogP contribution in [0.1, 0.15) is 37.5 Å². The Hall–Kier alpha value is -2.29. The predicted octanol–water partition coefficient (Wildman–Crippen LogP) is 3.64. The molecule has 0 spiro atoms. The van der Waals surface area contributed by atoms with E-state index in [1.54, 1.807) is 0 Å². The number of ether oxygens (including phenoxy) is 1. The number of nitrogens with zero attached hydrogens (tertiary/aromatic N) is 1. The van der Waals surface area contributed by atoms with E-state index in [2.05, 4.69) is 52.1 Å². The van der Waals surface area contributed by atoms with E-state index in [1.807, 2.05) is 38.1 Å². The van der Waals surface area contributed by atoms with E-state index < -0.39 is 0 Å². The van der Waals surface area contributed by atoms with E-state index in [-0.39, 0.29) is 36.5 Å². The number of likely N-dealkylation sites (N-methyl/N-ethyl adjacent to an activating group) is 1. The summed E-state index contributed by atoms with van der Waals surface area (Å²) in [5.41, 5.74) is 3.64. The molecule has 3 N–H and O–H groups in total. The predicted molar refractivity (Wildman–Crippen MR) is 134 cm³/mol. The van der Waals surface area contributed by atoms with Gasteiger partial charge in [0.25, 0.3) is 5.91 Å². The standard InChI is InChI=1S/C23H32N4O2.HI/c1-4-19-11-7-8-12-20(19)16-27-23(25-6-3)26-15-18-10-9-13-21(14-18)29-17-22(28)24-5-2;/h7-14H,4-6,15-17H2,1-3H3,(H,24,28)(H2,25,26,27);1H. The number of carbonyl (C=O) groups excluding carboxylic acids is 1. The lowest BCUT2D eigenvalue weighted by atomic mass is 10.1. The number of halogens is 1. The summed E-state index contributed by atoms with van der Waals surface area (Å²) < 4.78 is 5.55. The first-order valence-electron chi connectivity index (χ1n) is 10.2. The first-order chi connectivity index (χ1) is 14.2. The third kappa shape index (κ3) is 9.02. The summed E-state index contributed by atoms with van der Waals surface area (Å²) in [5, 5.41) is 9.41. The molecule has 30 heavy (non-hydrogen) atoms. The summed E-state index contributed by atoms with van der Waals surface area (Å²) in [6.45, 7) is 8.74. The van der Waals surface area contributed by atoms with E-state index in [4.69, 9.17) is 4.74 Å². The highest BCUT2D eigenvalue weighted by atomic mass is 127. The van der Waals surface area contributed by atoms with Crippen LogP contribution in [-0.4, -0.2) is 31.6 Å². The minimum absolute atomic E-state index is 0. The Kier molecular flexibility index (Phi) is 12.6. The van der Waals surface area contributed by atoms with Crippen molar-refractivity contribution in [2.24, 2.45) is 4.99 Å². The molecule has 0 radical (unpaired) electrons. The lowest BCUT2D eigenvalue weighted by Gasteiger charge is -2.13. The number of aliphatic imine (C=N–C) groups is 1. The number of aryl methyl sites for hydroxylation is 1. The fourth-order valence-electron chi connectivity index (χ4n) is 2.90. The lowest BCUT2D eigenvalue weighted by Crippen LogP contribution is -2.37. The third-order valence-corrected chi connectivity index (χ3v) is 4.35. The van der Waals surface area contributed by atoms with Crippen LogP contribution < -0.4 is 20.7 Å². The summed E-state index contributed by atoms with van der Waals surface area (Å²) in [5.74, 6) is 1.31. The molecule has 2 aromatic carbocycles. The smallest absolute Gasteiger partial charge is 0.257 e. The zero-order chi connectivity index (χ0) is 20.9. The highest BCUT2D eigenvalue weighted by Gasteiger charge is 2.04. The molecule has 1 amide bonds. The average molecular weight is 524 g/mol. The molecule has 0 bridgehead atoms. The molecular formula is C23H33IN4O2. The Bertz CT molecular complexity index is 811. The van der Waals surface area contributed by atoms with Gasteiger partial charge in [0.2, 0.25) is 0 Å². The molecule has 2 rings (SSSR count). The van der Waals surface area contributed by atoms with Crippen LogP contribution >= 0.6 is 24.0 Å². The Morgan fingerprint density at radius 3 is 2.37 bits per heavy atom. The summed E-state index contributed by atoms with van der Waals surface area (Å²) in [7, 11) is 0. The van der Waals surface area contributed by atoms with Gasteiger partial charge < -0.3 is 20.7 Å². The molecule has 0 aliphatic carbocycles. The SMILES string of the molecule is CCNC(=O)COc1cccc(CN=C(NCC)NCc2ccccc2CC)c1.I. The molecule has 0 aliphatic heterocycles. The van der Waals surface area contributed by atoms with Gasteiger partial charge in [-0.05, 0) is 49.1 Å². The number of nitrogens with one attached hydrogen (secondary N) is 3. The van der Waals surface area contributed by atoms with Crippen molar-refractivity contribution in [2.75, 3.05) is 19.7 Å². The number of hydrogen-bond acceptors (Lipinski definition) is 3. The lowest BCUT2D eigenvalue weighted by molar-refractivity contribution is -0.122. The van der Waals surface area contributed by atoms with E-state index in [9.17, 15) is 4.79 Å². The van der Waals surface area contributed by atoms with E-state index in [0.29, 0.717) is 18.8 Å². The highest BCUT2D eigenvalue weighted by Crippen LogP contribution is 2.14. The van der Waals surface area contributed by atoms with Gasteiger partial charge in [-0.1, -0.05) is 43.3 Å². The molecule has 0 saturated carbocycles. The molecule has 6 nitrogen and oxygen atoms in total. The van der Waals surface area contributed by atoms with E-state index in [0.717, 1.165) is 31.0 Å². The second-order valence-electron chi connectivity index (χ2n) is 6.56. The van der Waals surface area contributed by atoms with Gasteiger partial charge in [0.1, 0.15) is 5.75 Å². The van der Waals surface area contributed by atoms with Crippen molar-refractivity contribution in [1.82, 2.24) is 16.0 Å². The van der Waals surface area contributed by atoms with Gasteiger partial charge in [0, 0.05) is 19.6 Å². The minimum atomic E-state index is -0.123. The number of guanidine groups is 1. The number of benzene rings is 2. The number of amides is 1. The summed E-state index contributed by atoms with van der Waals surface area (Å²) in [6, 6.07) is 16.1. The van der Waals surface area contributed by atoms with Crippen LogP contribution in [-0.2, 0) is 24.3 Å². The Morgan fingerprint density at radius 2 is 1.67 bits per heavy atom. The van der Waals surface area contributed by atoms with Gasteiger partial charge in [-0.15, -0.1) is 24.0 Å². The van der Waals surface area contributed by atoms with Gasteiger partial charge >= 0.3 is 0 Å². The van der Waals surface area contributed by atoms with Crippen LogP contribution in [0.2, 0.25) is 0 Å². The van der Waals surface area contributed by atoms with Crippen LogP contribution in [0.3, 0.4) is 0 Å². The van der Waals surface area contributed by atoms with Gasteiger partial charge in [-0.25, -0.2) is 4.99 Å². The third-order valence-electron chi connectivity index (χ3n) is 4.35. The molecule has 0 saturated heterocycles. The molecule has 0 fully saturated rings. The zero-order valence-electron chi connectivity index (χ0n) is 18.0. The van der Waals surface area contributed by atoms with E-state index >= 15 is 0 Å². The second kappa shape index (κ2) is 14.7. The molecular weight excluding hydrogens is 491 g/mol. The van der Waals surface area contributed by atoms with Gasteiger partial charge in [0.15, 0.2) is 12.6 Å². The van der Waals surface area contributed by atoms with Crippen LogP contribution in [0.15, 0.2) is 53.5 Å². The van der Waals surface area contributed by atoms with Crippen molar-refractivity contribution in [3.05, 3.63) is 65.2 Å². The Morgan fingerprint density at radius 1 is 0.933 bits per heavy atom.